The summed E-state index contributed by atoms with van der Waals surface area (Å²) in [6.45, 7) is 1.60. The maximum Gasteiger partial charge on any atom is 0.325 e. The SMILES string of the molecule is COc1cc2c(cc1Nc1ncc(Cl)c(-c3nn(CC(=O)O)c4ccccc34)n1)CN(C)CC2. The molecule has 2 aromatic carbocycles. The predicted molar refractivity (Wildman–Crippen MR) is 130 cm³/mol. The molecule has 174 valence electrons. The first-order chi connectivity index (χ1) is 16.4. The van der Waals surface area contributed by atoms with Crippen LogP contribution in [-0.4, -0.2) is 56.4 Å². The monoisotopic (exact) mass is 478 g/mol. The molecule has 0 fully saturated rings. The van der Waals surface area contributed by atoms with E-state index in [1.807, 2.05) is 24.3 Å². The number of carboxylic acids is 1. The lowest BCUT2D eigenvalue weighted by atomic mass is 9.99. The van der Waals surface area contributed by atoms with E-state index < -0.39 is 5.97 Å². The fraction of sp³-hybridized carbons (Fsp3) is 0.250. The van der Waals surface area contributed by atoms with E-state index in [9.17, 15) is 9.90 Å². The van der Waals surface area contributed by atoms with Gasteiger partial charge in [-0.1, -0.05) is 29.8 Å². The first kappa shape index (κ1) is 22.1. The van der Waals surface area contributed by atoms with Crippen LogP contribution in [0.3, 0.4) is 0 Å². The van der Waals surface area contributed by atoms with Crippen LogP contribution in [0, 0.1) is 0 Å². The van der Waals surface area contributed by atoms with Crippen molar-refractivity contribution in [1.29, 1.82) is 0 Å². The van der Waals surface area contributed by atoms with Crippen LogP contribution in [0.1, 0.15) is 11.1 Å². The summed E-state index contributed by atoms with van der Waals surface area (Å²) >= 11 is 6.47. The molecule has 0 spiro atoms. The zero-order valence-corrected chi connectivity index (χ0v) is 19.5. The van der Waals surface area contributed by atoms with Crippen molar-refractivity contribution in [3.63, 3.8) is 0 Å². The topological polar surface area (TPSA) is 105 Å². The summed E-state index contributed by atoms with van der Waals surface area (Å²) in [6.07, 6.45) is 2.48. The Morgan fingerprint density at radius 2 is 2.06 bits per heavy atom. The highest BCUT2D eigenvalue weighted by molar-refractivity contribution is 6.33. The molecule has 2 N–H and O–H groups in total. The van der Waals surface area contributed by atoms with Gasteiger partial charge in [0.25, 0.3) is 0 Å². The van der Waals surface area contributed by atoms with E-state index in [0.29, 0.717) is 33.6 Å². The maximum atomic E-state index is 11.3. The number of carbonyl (C=O) groups is 1. The Bertz CT molecular complexity index is 1400. The number of ether oxygens (including phenoxy) is 1. The van der Waals surface area contributed by atoms with Gasteiger partial charge in [-0.2, -0.15) is 5.10 Å². The molecule has 0 aliphatic carbocycles. The molecule has 0 radical (unpaired) electrons. The minimum atomic E-state index is -0.985. The van der Waals surface area contributed by atoms with Gasteiger partial charge in [0, 0.05) is 18.5 Å². The van der Waals surface area contributed by atoms with E-state index in [2.05, 4.69) is 44.5 Å². The summed E-state index contributed by atoms with van der Waals surface area (Å²) in [5.41, 5.74) is 4.84. The molecule has 0 saturated heterocycles. The van der Waals surface area contributed by atoms with Crippen molar-refractivity contribution in [2.45, 2.75) is 19.5 Å². The maximum absolute atomic E-state index is 11.3. The third kappa shape index (κ3) is 4.15. The Kier molecular flexibility index (Phi) is 5.80. The lowest BCUT2D eigenvalue weighted by Crippen LogP contribution is -2.26. The normalized spacial score (nSPS) is 13.6. The number of halogens is 1. The van der Waals surface area contributed by atoms with E-state index in [1.165, 1.54) is 22.0 Å². The smallest absolute Gasteiger partial charge is 0.325 e. The van der Waals surface area contributed by atoms with Crippen molar-refractivity contribution >= 4 is 40.1 Å². The number of carboxylic acid groups (broad SMARTS) is 1. The van der Waals surface area contributed by atoms with E-state index in [4.69, 9.17) is 16.3 Å². The molecule has 1 aliphatic heterocycles. The first-order valence-corrected chi connectivity index (χ1v) is 11.2. The van der Waals surface area contributed by atoms with Gasteiger partial charge in [-0.3, -0.25) is 9.48 Å². The number of methoxy groups -OCH3 is 1. The van der Waals surface area contributed by atoms with Gasteiger partial charge in [-0.25, -0.2) is 9.97 Å². The quantitative estimate of drug-likeness (QED) is 0.429. The number of rotatable bonds is 6. The summed E-state index contributed by atoms with van der Waals surface area (Å²) in [5.74, 6) is 0.0550. The lowest BCUT2D eigenvalue weighted by Gasteiger charge is -2.26. The zero-order chi connectivity index (χ0) is 23.8. The number of fused-ring (bicyclic) bond motifs is 2. The van der Waals surface area contributed by atoms with Crippen LogP contribution >= 0.6 is 11.6 Å². The molecule has 9 nitrogen and oxygen atoms in total. The van der Waals surface area contributed by atoms with Gasteiger partial charge < -0.3 is 20.1 Å². The Morgan fingerprint density at radius 1 is 1.24 bits per heavy atom. The summed E-state index contributed by atoms with van der Waals surface area (Å²) in [4.78, 5) is 22.6. The lowest BCUT2D eigenvalue weighted by molar-refractivity contribution is -0.137. The van der Waals surface area contributed by atoms with Gasteiger partial charge in [-0.05, 0) is 42.8 Å². The largest absolute Gasteiger partial charge is 0.495 e. The van der Waals surface area contributed by atoms with Gasteiger partial charge in [0.2, 0.25) is 5.95 Å². The summed E-state index contributed by atoms with van der Waals surface area (Å²) in [5, 5.41) is 18.1. The van der Waals surface area contributed by atoms with Crippen LogP contribution in [0.2, 0.25) is 5.02 Å². The van der Waals surface area contributed by atoms with Crippen molar-refractivity contribution in [3.8, 4) is 17.1 Å². The van der Waals surface area contributed by atoms with E-state index in [1.54, 1.807) is 7.11 Å². The predicted octanol–water partition coefficient (Wildman–Crippen LogP) is 3.97. The van der Waals surface area contributed by atoms with Crippen molar-refractivity contribution in [2.75, 3.05) is 26.0 Å². The van der Waals surface area contributed by atoms with Crippen LogP contribution < -0.4 is 10.1 Å². The second-order valence-corrected chi connectivity index (χ2v) is 8.65. The number of nitrogens with zero attached hydrogens (tertiary/aromatic N) is 5. The van der Waals surface area contributed by atoms with Crippen LogP contribution in [0.4, 0.5) is 11.6 Å². The Balaban J connectivity index is 1.55. The molecule has 34 heavy (non-hydrogen) atoms. The number of likely N-dealkylation sites (N-methyl/N-ethyl adjacent to an activating group) is 1. The van der Waals surface area contributed by atoms with Crippen LogP contribution in [0.5, 0.6) is 5.75 Å². The summed E-state index contributed by atoms with van der Waals surface area (Å²) in [6, 6.07) is 11.5. The van der Waals surface area contributed by atoms with Crippen molar-refractivity contribution in [2.24, 2.45) is 0 Å². The van der Waals surface area contributed by atoms with Crippen molar-refractivity contribution in [1.82, 2.24) is 24.6 Å². The van der Waals surface area contributed by atoms with E-state index in [-0.39, 0.29) is 6.54 Å². The molecule has 0 saturated carbocycles. The molecule has 3 heterocycles. The molecular formula is C24H23ClN6O3. The van der Waals surface area contributed by atoms with Crippen LogP contribution in [-0.2, 0) is 24.3 Å². The molecular weight excluding hydrogens is 456 g/mol. The second-order valence-electron chi connectivity index (χ2n) is 8.24. The highest BCUT2D eigenvalue weighted by atomic mass is 35.5. The second kappa shape index (κ2) is 8.92. The number of nitrogens with one attached hydrogen (secondary N) is 1. The summed E-state index contributed by atoms with van der Waals surface area (Å²) in [7, 11) is 3.74. The molecule has 1 aliphatic rings. The standard InChI is InChI=1S/C24H23ClN6O3/c1-30-8-7-14-10-20(34-2)18(9-15(14)12-30)27-24-26-11-17(25)23(28-24)22-16-5-3-4-6-19(16)31(29-22)13-21(32)33/h3-6,9-11H,7-8,12-13H2,1-2H3,(H,32,33)(H,26,27,28). The number of anilines is 2. The number of aliphatic carboxylic acids is 1. The number of hydrogen-bond donors (Lipinski definition) is 2. The molecule has 2 aromatic heterocycles. The van der Waals surface area contributed by atoms with Gasteiger partial charge in [0.15, 0.2) is 0 Å². The van der Waals surface area contributed by atoms with Crippen LogP contribution in [0.15, 0.2) is 42.6 Å². The Labute approximate surface area is 201 Å². The summed E-state index contributed by atoms with van der Waals surface area (Å²) < 4.78 is 7.05. The van der Waals surface area contributed by atoms with E-state index >= 15 is 0 Å². The number of para-hydroxylation sites is 1. The molecule has 4 aromatic rings. The third-order valence-electron chi connectivity index (χ3n) is 5.88. The molecule has 10 heteroatoms. The van der Waals surface area contributed by atoms with Gasteiger partial charge in [0.1, 0.15) is 23.7 Å². The van der Waals surface area contributed by atoms with Gasteiger partial charge in [-0.15, -0.1) is 0 Å². The highest BCUT2D eigenvalue weighted by Gasteiger charge is 2.20. The first-order valence-electron chi connectivity index (χ1n) is 10.8. The fourth-order valence-electron chi connectivity index (χ4n) is 4.26. The van der Waals surface area contributed by atoms with Crippen LogP contribution in [0.25, 0.3) is 22.3 Å². The van der Waals surface area contributed by atoms with E-state index in [0.717, 1.165) is 30.6 Å². The average Bonchev–Trinajstić information content (AvgIpc) is 3.17. The average molecular weight is 479 g/mol. The van der Waals surface area contributed by atoms with Gasteiger partial charge in [0.05, 0.1) is 29.5 Å². The highest BCUT2D eigenvalue weighted by Crippen LogP contribution is 2.35. The zero-order valence-electron chi connectivity index (χ0n) is 18.7. The van der Waals surface area contributed by atoms with Crippen molar-refractivity contribution < 1.29 is 14.6 Å². The molecule has 0 amide bonds. The minimum Gasteiger partial charge on any atom is -0.495 e. The fourth-order valence-corrected chi connectivity index (χ4v) is 4.44. The number of benzene rings is 2. The van der Waals surface area contributed by atoms with Crippen molar-refractivity contribution in [3.05, 3.63) is 58.7 Å². The molecule has 0 bridgehead atoms. The van der Waals surface area contributed by atoms with Gasteiger partial charge >= 0.3 is 5.97 Å². The Morgan fingerprint density at radius 3 is 2.85 bits per heavy atom. The third-order valence-corrected chi connectivity index (χ3v) is 6.16. The number of aromatic nitrogens is 4. The number of hydrogen-bond acceptors (Lipinski definition) is 7. The minimum absolute atomic E-state index is 0.269. The molecule has 0 unspecified atom stereocenters. The molecule has 0 atom stereocenters. The molecule has 5 rings (SSSR count). The Hall–Kier alpha value is -3.69.